The Morgan fingerprint density at radius 1 is 1.07 bits per heavy atom. The summed E-state index contributed by atoms with van der Waals surface area (Å²) in [5, 5.41) is 4.69. The Bertz CT molecular complexity index is 1030. The van der Waals surface area contributed by atoms with Crippen LogP contribution in [0.5, 0.6) is 0 Å². The van der Waals surface area contributed by atoms with Gasteiger partial charge in [-0.1, -0.05) is 47.5 Å². The summed E-state index contributed by atoms with van der Waals surface area (Å²) in [5.74, 6) is -0.253. The van der Waals surface area contributed by atoms with Crippen LogP contribution in [0.1, 0.15) is 18.1 Å². The maximum Gasteiger partial charge on any atom is 0.254 e. The van der Waals surface area contributed by atoms with E-state index in [2.05, 4.69) is 10.5 Å². The third kappa shape index (κ3) is 5.46. The highest BCUT2D eigenvalue weighted by atomic mass is 35.5. The average molecular weight is 449 g/mol. The van der Waals surface area contributed by atoms with Crippen molar-refractivity contribution in [3.05, 3.63) is 64.7 Å². The first-order chi connectivity index (χ1) is 14.3. The van der Waals surface area contributed by atoms with Crippen molar-refractivity contribution in [1.29, 1.82) is 0 Å². The standard InChI is InChI=1S/C21H25ClN4O3S/c1-16-7-9-18(10-8-16)30(28,29)26-13-11-25(12-14-26)15-21(27)24-23-17(2)19-5-3-4-6-20(19)22/h3-10H,11-15H2,1-2H3,(H,24,27). The van der Waals surface area contributed by atoms with Gasteiger partial charge in [0.05, 0.1) is 17.2 Å². The number of nitrogens with zero attached hydrogens (tertiary/aromatic N) is 3. The lowest BCUT2D eigenvalue weighted by Crippen LogP contribution is -2.50. The maximum atomic E-state index is 12.8. The monoisotopic (exact) mass is 448 g/mol. The number of piperazine rings is 1. The largest absolute Gasteiger partial charge is 0.292 e. The van der Waals surface area contributed by atoms with Gasteiger partial charge >= 0.3 is 0 Å². The van der Waals surface area contributed by atoms with Crippen molar-refractivity contribution in [2.45, 2.75) is 18.7 Å². The normalized spacial score (nSPS) is 16.4. The fraction of sp³-hybridized carbons (Fsp3) is 0.333. The molecule has 0 bridgehead atoms. The minimum absolute atomic E-state index is 0.151. The van der Waals surface area contributed by atoms with Gasteiger partial charge in [0.15, 0.2) is 0 Å². The molecule has 1 aliphatic heterocycles. The van der Waals surface area contributed by atoms with E-state index >= 15 is 0 Å². The quantitative estimate of drug-likeness (QED) is 0.543. The van der Waals surface area contributed by atoms with E-state index in [1.54, 1.807) is 37.3 Å². The van der Waals surface area contributed by atoms with Gasteiger partial charge in [0.2, 0.25) is 10.0 Å². The maximum absolute atomic E-state index is 12.8. The van der Waals surface area contributed by atoms with Crippen LogP contribution in [0.2, 0.25) is 5.02 Å². The second-order valence-electron chi connectivity index (χ2n) is 7.21. The molecule has 2 aromatic rings. The molecule has 0 aromatic heterocycles. The predicted octanol–water partition coefficient (Wildman–Crippen LogP) is 2.50. The summed E-state index contributed by atoms with van der Waals surface area (Å²) in [6.07, 6.45) is 0. The molecule has 9 heteroatoms. The van der Waals surface area contributed by atoms with Crippen molar-refractivity contribution >= 4 is 33.2 Å². The second kappa shape index (κ2) is 9.70. The molecule has 0 unspecified atom stereocenters. The number of carbonyl (C=O) groups is 1. The van der Waals surface area contributed by atoms with Crippen molar-refractivity contribution in [2.24, 2.45) is 5.10 Å². The van der Waals surface area contributed by atoms with Crippen LogP contribution in [0.15, 0.2) is 58.5 Å². The molecule has 2 aromatic carbocycles. The fourth-order valence-electron chi connectivity index (χ4n) is 3.19. The highest BCUT2D eigenvalue weighted by Gasteiger charge is 2.28. The zero-order valence-corrected chi connectivity index (χ0v) is 18.6. The van der Waals surface area contributed by atoms with E-state index in [-0.39, 0.29) is 12.5 Å². The summed E-state index contributed by atoms with van der Waals surface area (Å²) in [6, 6.07) is 14.1. The number of hydrogen-bond donors (Lipinski definition) is 1. The van der Waals surface area contributed by atoms with Crippen LogP contribution in [-0.2, 0) is 14.8 Å². The second-order valence-corrected chi connectivity index (χ2v) is 9.55. The third-order valence-corrected chi connectivity index (χ3v) is 7.21. The van der Waals surface area contributed by atoms with Gasteiger partial charge in [-0.3, -0.25) is 9.69 Å². The van der Waals surface area contributed by atoms with Gasteiger partial charge in [0, 0.05) is 36.8 Å². The smallest absolute Gasteiger partial charge is 0.254 e. The first-order valence-electron chi connectivity index (χ1n) is 9.64. The zero-order valence-electron chi connectivity index (χ0n) is 17.0. The number of halogens is 1. The van der Waals surface area contributed by atoms with Gasteiger partial charge in [0.1, 0.15) is 0 Å². The molecular formula is C21H25ClN4O3S. The molecule has 3 rings (SSSR count). The van der Waals surface area contributed by atoms with E-state index in [9.17, 15) is 13.2 Å². The van der Waals surface area contributed by atoms with Crippen LogP contribution in [-0.4, -0.2) is 62.0 Å². The van der Waals surface area contributed by atoms with Gasteiger partial charge in [-0.25, -0.2) is 13.8 Å². The Morgan fingerprint density at radius 2 is 1.70 bits per heavy atom. The lowest BCUT2D eigenvalue weighted by molar-refractivity contribution is -0.122. The van der Waals surface area contributed by atoms with Crippen LogP contribution in [0.4, 0.5) is 0 Å². The Kier molecular flexibility index (Phi) is 7.25. The van der Waals surface area contributed by atoms with E-state index in [0.717, 1.165) is 11.1 Å². The number of sulfonamides is 1. The van der Waals surface area contributed by atoms with Crippen molar-refractivity contribution in [3.8, 4) is 0 Å². The molecule has 0 spiro atoms. The molecule has 7 nitrogen and oxygen atoms in total. The number of rotatable bonds is 6. The highest BCUT2D eigenvalue weighted by Crippen LogP contribution is 2.18. The van der Waals surface area contributed by atoms with Gasteiger partial charge in [-0.05, 0) is 32.0 Å². The van der Waals surface area contributed by atoms with Gasteiger partial charge < -0.3 is 0 Å². The molecule has 160 valence electrons. The number of aryl methyl sites for hydroxylation is 1. The van der Waals surface area contributed by atoms with Crippen LogP contribution in [0.3, 0.4) is 0 Å². The lowest BCUT2D eigenvalue weighted by atomic mass is 10.1. The number of amides is 1. The van der Waals surface area contributed by atoms with E-state index in [4.69, 9.17) is 11.6 Å². The first-order valence-corrected chi connectivity index (χ1v) is 11.5. The number of benzene rings is 2. The van der Waals surface area contributed by atoms with Gasteiger partial charge in [-0.2, -0.15) is 9.41 Å². The van der Waals surface area contributed by atoms with Crippen molar-refractivity contribution in [2.75, 3.05) is 32.7 Å². The molecular weight excluding hydrogens is 424 g/mol. The molecule has 0 radical (unpaired) electrons. The van der Waals surface area contributed by atoms with E-state index in [1.165, 1.54) is 4.31 Å². The molecule has 0 aliphatic carbocycles. The van der Waals surface area contributed by atoms with E-state index in [1.807, 2.05) is 30.0 Å². The molecule has 1 saturated heterocycles. The zero-order chi connectivity index (χ0) is 21.7. The first kappa shape index (κ1) is 22.4. The topological polar surface area (TPSA) is 82.1 Å². The summed E-state index contributed by atoms with van der Waals surface area (Å²) in [5.41, 5.74) is 4.93. The van der Waals surface area contributed by atoms with Gasteiger partial charge in [0.25, 0.3) is 5.91 Å². The summed E-state index contributed by atoms with van der Waals surface area (Å²) >= 11 is 6.14. The molecule has 0 atom stereocenters. The summed E-state index contributed by atoms with van der Waals surface area (Å²) < 4.78 is 27.0. The van der Waals surface area contributed by atoms with Crippen LogP contribution < -0.4 is 5.43 Å². The number of hydrogen-bond acceptors (Lipinski definition) is 5. The Balaban J connectivity index is 1.52. The van der Waals surface area contributed by atoms with Crippen LogP contribution in [0, 0.1) is 6.92 Å². The van der Waals surface area contributed by atoms with E-state index < -0.39 is 10.0 Å². The minimum atomic E-state index is -3.52. The highest BCUT2D eigenvalue weighted by molar-refractivity contribution is 7.89. The fourth-order valence-corrected chi connectivity index (χ4v) is 4.88. The van der Waals surface area contributed by atoms with Crippen LogP contribution >= 0.6 is 11.6 Å². The molecule has 1 fully saturated rings. The molecule has 1 N–H and O–H groups in total. The molecule has 1 amide bonds. The predicted molar refractivity (Wildman–Crippen MR) is 118 cm³/mol. The minimum Gasteiger partial charge on any atom is -0.292 e. The SMILES string of the molecule is CC(=NNC(=O)CN1CCN(S(=O)(=O)c2ccc(C)cc2)CC1)c1ccccc1Cl. The number of nitrogens with one attached hydrogen (secondary N) is 1. The third-order valence-electron chi connectivity index (χ3n) is 4.97. The van der Waals surface area contributed by atoms with Crippen molar-refractivity contribution < 1.29 is 13.2 Å². The lowest BCUT2D eigenvalue weighted by Gasteiger charge is -2.33. The summed E-state index contributed by atoms with van der Waals surface area (Å²) in [7, 11) is -3.52. The Morgan fingerprint density at radius 3 is 2.33 bits per heavy atom. The number of carbonyl (C=O) groups excluding carboxylic acids is 1. The summed E-state index contributed by atoms with van der Waals surface area (Å²) in [6.45, 7) is 5.47. The summed E-state index contributed by atoms with van der Waals surface area (Å²) in [4.78, 5) is 14.4. The van der Waals surface area contributed by atoms with Crippen molar-refractivity contribution in [1.82, 2.24) is 14.6 Å². The van der Waals surface area contributed by atoms with Crippen molar-refractivity contribution in [3.63, 3.8) is 0 Å². The Labute approximate surface area is 182 Å². The molecule has 1 heterocycles. The average Bonchev–Trinajstić information content (AvgIpc) is 2.73. The van der Waals surface area contributed by atoms with Crippen LogP contribution in [0.25, 0.3) is 0 Å². The Hall–Kier alpha value is -2.26. The molecule has 0 saturated carbocycles. The number of hydrazone groups is 1. The molecule has 1 aliphatic rings. The molecule has 30 heavy (non-hydrogen) atoms. The van der Waals surface area contributed by atoms with Gasteiger partial charge in [-0.15, -0.1) is 0 Å². The van der Waals surface area contributed by atoms with E-state index in [0.29, 0.717) is 41.8 Å².